The highest BCUT2D eigenvalue weighted by molar-refractivity contribution is 5.98. The Kier molecular flexibility index (Phi) is 3.44. The van der Waals surface area contributed by atoms with Gasteiger partial charge in [0.2, 0.25) is 0 Å². The lowest BCUT2D eigenvalue weighted by Crippen LogP contribution is -2.40. The molecular formula is C13H15NO5. The number of aliphatic carboxylic acids is 1. The molecule has 1 aliphatic rings. The number of likely N-dealkylation sites (tertiary alicyclic amines) is 1. The fourth-order valence-electron chi connectivity index (χ4n) is 2.31. The van der Waals surface area contributed by atoms with Crippen LogP contribution in [0.25, 0.3) is 0 Å². The molecule has 1 aliphatic heterocycles. The van der Waals surface area contributed by atoms with Gasteiger partial charge in [-0.1, -0.05) is 0 Å². The number of rotatable bonds is 2. The van der Waals surface area contributed by atoms with Crippen molar-refractivity contribution in [3.63, 3.8) is 0 Å². The standard InChI is InChI=1S/C13H15NO5/c1-7-4-8(15)2-3-10(7)12(17)14-6-9(16)5-11(14)13(18)19/h2-4,9,11,15-16H,5-6H2,1H3,(H,18,19)/t9?,11-/m0/s1. The number of benzene rings is 1. The molecule has 0 saturated carbocycles. The maximum absolute atomic E-state index is 12.3. The number of carboxylic acids is 1. The molecule has 0 spiro atoms. The van der Waals surface area contributed by atoms with Crippen LogP contribution >= 0.6 is 0 Å². The van der Waals surface area contributed by atoms with Gasteiger partial charge in [-0.05, 0) is 30.7 Å². The first-order valence-corrected chi connectivity index (χ1v) is 5.91. The smallest absolute Gasteiger partial charge is 0.326 e. The predicted molar refractivity (Wildman–Crippen MR) is 65.9 cm³/mol. The fraction of sp³-hybridized carbons (Fsp3) is 0.385. The van der Waals surface area contributed by atoms with E-state index in [-0.39, 0.29) is 18.7 Å². The van der Waals surface area contributed by atoms with Crippen molar-refractivity contribution in [2.45, 2.75) is 25.5 Å². The molecular weight excluding hydrogens is 250 g/mol. The van der Waals surface area contributed by atoms with Crippen molar-refractivity contribution in [3.05, 3.63) is 29.3 Å². The Morgan fingerprint density at radius 3 is 2.63 bits per heavy atom. The molecule has 0 bridgehead atoms. The van der Waals surface area contributed by atoms with Gasteiger partial charge in [0, 0.05) is 18.5 Å². The lowest BCUT2D eigenvalue weighted by molar-refractivity contribution is -0.141. The molecule has 0 radical (unpaired) electrons. The number of β-amino-alcohol motifs (C(OH)–C–C–N with tert-alkyl or cyclic N) is 1. The van der Waals surface area contributed by atoms with Gasteiger partial charge in [-0.15, -0.1) is 0 Å². The molecule has 3 N–H and O–H groups in total. The van der Waals surface area contributed by atoms with Gasteiger partial charge in [0.1, 0.15) is 11.8 Å². The first kappa shape index (κ1) is 13.4. The second-order valence-corrected chi connectivity index (χ2v) is 4.70. The van der Waals surface area contributed by atoms with E-state index in [1.165, 1.54) is 18.2 Å². The number of carboxylic acid groups (broad SMARTS) is 1. The number of amides is 1. The van der Waals surface area contributed by atoms with Gasteiger partial charge in [0.05, 0.1) is 6.10 Å². The maximum Gasteiger partial charge on any atom is 0.326 e. The summed E-state index contributed by atoms with van der Waals surface area (Å²) in [7, 11) is 0. The van der Waals surface area contributed by atoms with Crippen LogP contribution in [-0.4, -0.2) is 50.8 Å². The summed E-state index contributed by atoms with van der Waals surface area (Å²) < 4.78 is 0. The lowest BCUT2D eigenvalue weighted by Gasteiger charge is -2.22. The van der Waals surface area contributed by atoms with Gasteiger partial charge >= 0.3 is 5.97 Å². The Bertz CT molecular complexity index is 528. The van der Waals surface area contributed by atoms with Crippen LogP contribution in [0.15, 0.2) is 18.2 Å². The Hall–Kier alpha value is -2.08. The van der Waals surface area contributed by atoms with Crippen LogP contribution in [0, 0.1) is 6.92 Å². The minimum Gasteiger partial charge on any atom is -0.508 e. The molecule has 1 aromatic carbocycles. The van der Waals surface area contributed by atoms with Crippen LogP contribution in [-0.2, 0) is 4.79 Å². The van der Waals surface area contributed by atoms with E-state index in [4.69, 9.17) is 5.11 Å². The fourth-order valence-corrected chi connectivity index (χ4v) is 2.31. The molecule has 1 aromatic rings. The lowest BCUT2D eigenvalue weighted by atomic mass is 10.1. The minimum atomic E-state index is -1.12. The number of phenolic OH excluding ortho intramolecular Hbond substituents is 1. The zero-order valence-electron chi connectivity index (χ0n) is 10.4. The molecule has 0 aromatic heterocycles. The third-order valence-corrected chi connectivity index (χ3v) is 3.27. The van der Waals surface area contributed by atoms with Gasteiger partial charge in [0.25, 0.3) is 5.91 Å². The van der Waals surface area contributed by atoms with Crippen LogP contribution in [0.1, 0.15) is 22.3 Å². The topological polar surface area (TPSA) is 98.1 Å². The predicted octanol–water partition coefficient (Wildman–Crippen LogP) is 0.361. The van der Waals surface area contributed by atoms with E-state index in [2.05, 4.69) is 0 Å². The van der Waals surface area contributed by atoms with Crippen LogP contribution < -0.4 is 0 Å². The zero-order chi connectivity index (χ0) is 14.2. The normalized spacial score (nSPS) is 22.5. The van der Waals surface area contributed by atoms with Gasteiger partial charge in [-0.2, -0.15) is 0 Å². The van der Waals surface area contributed by atoms with Gasteiger partial charge in [-0.3, -0.25) is 4.79 Å². The van der Waals surface area contributed by atoms with Crippen LogP contribution in [0.3, 0.4) is 0 Å². The molecule has 6 heteroatoms. The Balaban J connectivity index is 2.30. The summed E-state index contributed by atoms with van der Waals surface area (Å²) in [6.07, 6.45) is -0.777. The van der Waals surface area contributed by atoms with Crippen LogP contribution in [0.4, 0.5) is 0 Å². The number of aromatic hydroxyl groups is 1. The van der Waals surface area contributed by atoms with Crippen LogP contribution in [0.5, 0.6) is 5.75 Å². The second kappa shape index (κ2) is 4.89. The number of hydrogen-bond acceptors (Lipinski definition) is 4. The number of carbonyl (C=O) groups is 2. The Morgan fingerprint density at radius 2 is 2.05 bits per heavy atom. The van der Waals surface area contributed by atoms with E-state index < -0.39 is 24.0 Å². The third kappa shape index (κ3) is 2.53. The van der Waals surface area contributed by atoms with E-state index in [0.717, 1.165) is 4.90 Å². The Morgan fingerprint density at radius 1 is 1.37 bits per heavy atom. The maximum atomic E-state index is 12.3. The first-order valence-electron chi connectivity index (χ1n) is 5.91. The number of aliphatic hydroxyl groups excluding tert-OH is 1. The largest absolute Gasteiger partial charge is 0.508 e. The average molecular weight is 265 g/mol. The molecule has 0 aliphatic carbocycles. The van der Waals surface area contributed by atoms with Crippen molar-refractivity contribution in [2.24, 2.45) is 0 Å². The molecule has 1 fully saturated rings. The molecule has 2 atom stereocenters. The molecule has 1 unspecified atom stereocenters. The van der Waals surface area contributed by atoms with E-state index in [0.29, 0.717) is 11.1 Å². The third-order valence-electron chi connectivity index (χ3n) is 3.27. The monoisotopic (exact) mass is 265 g/mol. The van der Waals surface area contributed by atoms with Crippen LogP contribution in [0.2, 0.25) is 0 Å². The average Bonchev–Trinajstić information content (AvgIpc) is 2.70. The van der Waals surface area contributed by atoms with Crippen molar-refractivity contribution in [2.75, 3.05) is 6.54 Å². The molecule has 6 nitrogen and oxygen atoms in total. The summed E-state index contributed by atoms with van der Waals surface area (Å²) in [6.45, 7) is 1.67. The second-order valence-electron chi connectivity index (χ2n) is 4.70. The SMILES string of the molecule is Cc1cc(O)ccc1C(=O)N1CC(O)C[C@H]1C(=O)O. The van der Waals surface area contributed by atoms with Crippen molar-refractivity contribution in [1.82, 2.24) is 4.90 Å². The molecule has 102 valence electrons. The number of hydrogen-bond donors (Lipinski definition) is 3. The molecule has 19 heavy (non-hydrogen) atoms. The molecule has 2 rings (SSSR count). The molecule has 1 saturated heterocycles. The van der Waals surface area contributed by atoms with E-state index in [1.54, 1.807) is 6.92 Å². The van der Waals surface area contributed by atoms with Crippen molar-refractivity contribution >= 4 is 11.9 Å². The van der Waals surface area contributed by atoms with Crippen molar-refractivity contribution in [3.8, 4) is 5.75 Å². The summed E-state index contributed by atoms with van der Waals surface area (Å²) in [6, 6.07) is 3.27. The first-order chi connectivity index (χ1) is 8.90. The minimum absolute atomic E-state index is 0.0100. The van der Waals surface area contributed by atoms with Gasteiger partial charge in [0.15, 0.2) is 0 Å². The summed E-state index contributed by atoms with van der Waals surface area (Å²) >= 11 is 0. The van der Waals surface area contributed by atoms with Crippen molar-refractivity contribution < 1.29 is 24.9 Å². The molecule has 1 amide bonds. The highest BCUT2D eigenvalue weighted by Crippen LogP contribution is 2.23. The van der Waals surface area contributed by atoms with E-state index >= 15 is 0 Å². The quantitative estimate of drug-likeness (QED) is 0.717. The Labute approximate surface area is 109 Å². The number of carbonyl (C=O) groups excluding carboxylic acids is 1. The number of aliphatic hydroxyl groups is 1. The number of aryl methyl sites for hydroxylation is 1. The summed E-state index contributed by atoms with van der Waals surface area (Å²) in [5.74, 6) is -1.52. The van der Waals surface area contributed by atoms with Crippen molar-refractivity contribution in [1.29, 1.82) is 0 Å². The summed E-state index contributed by atoms with van der Waals surface area (Å²) in [5.41, 5.74) is 0.897. The highest BCUT2D eigenvalue weighted by atomic mass is 16.4. The van der Waals surface area contributed by atoms with E-state index in [9.17, 15) is 19.8 Å². The van der Waals surface area contributed by atoms with Gasteiger partial charge in [-0.25, -0.2) is 4.79 Å². The van der Waals surface area contributed by atoms with E-state index in [1.807, 2.05) is 0 Å². The summed E-state index contributed by atoms with van der Waals surface area (Å²) in [4.78, 5) is 24.6. The number of nitrogens with zero attached hydrogens (tertiary/aromatic N) is 1. The highest BCUT2D eigenvalue weighted by Gasteiger charge is 2.39. The zero-order valence-corrected chi connectivity index (χ0v) is 10.4. The number of phenols is 1. The summed E-state index contributed by atoms with van der Waals surface area (Å²) in [5, 5.41) is 27.9. The van der Waals surface area contributed by atoms with Gasteiger partial charge < -0.3 is 20.2 Å². The molecule has 1 heterocycles.